The first-order valence-corrected chi connectivity index (χ1v) is 7.90. The molecule has 0 aliphatic rings. The molecule has 0 spiro atoms. The molecule has 0 radical (unpaired) electrons. The van der Waals surface area contributed by atoms with Crippen molar-refractivity contribution < 1.29 is 14.3 Å². The minimum atomic E-state index is -0.294. The van der Waals surface area contributed by atoms with Crippen molar-refractivity contribution in [1.82, 2.24) is 5.32 Å². The van der Waals surface area contributed by atoms with Crippen molar-refractivity contribution in [3.8, 4) is 5.75 Å². The van der Waals surface area contributed by atoms with E-state index in [-0.39, 0.29) is 17.9 Å². The van der Waals surface area contributed by atoms with Crippen LogP contribution < -0.4 is 15.4 Å². The molecule has 0 saturated heterocycles. The quantitative estimate of drug-likeness (QED) is 0.854. The second-order valence-corrected chi connectivity index (χ2v) is 5.52. The Morgan fingerprint density at radius 1 is 1.04 bits per heavy atom. The van der Waals surface area contributed by atoms with Crippen LogP contribution in [0.1, 0.15) is 41.0 Å². The second-order valence-electron chi connectivity index (χ2n) is 5.52. The van der Waals surface area contributed by atoms with Gasteiger partial charge in [-0.25, -0.2) is 0 Å². The van der Waals surface area contributed by atoms with E-state index in [2.05, 4.69) is 10.6 Å². The predicted molar refractivity (Wildman–Crippen MR) is 94.6 cm³/mol. The van der Waals surface area contributed by atoms with Crippen LogP contribution in [0.5, 0.6) is 5.75 Å². The number of carbonyl (C=O) groups excluding carboxylic acids is 2. The lowest BCUT2D eigenvalue weighted by Crippen LogP contribution is -2.32. The number of ether oxygens (including phenoxy) is 1. The summed E-state index contributed by atoms with van der Waals surface area (Å²) in [6.07, 6.45) is 0.847. The van der Waals surface area contributed by atoms with Crippen LogP contribution in [0.15, 0.2) is 48.5 Å². The van der Waals surface area contributed by atoms with Crippen LogP contribution in [0.4, 0.5) is 5.69 Å². The van der Waals surface area contributed by atoms with Gasteiger partial charge in [0.15, 0.2) is 0 Å². The minimum Gasteiger partial charge on any atom is -0.495 e. The van der Waals surface area contributed by atoms with E-state index in [0.29, 0.717) is 22.6 Å². The number of carbonyl (C=O) groups is 2. The van der Waals surface area contributed by atoms with Gasteiger partial charge in [-0.15, -0.1) is 0 Å². The first-order valence-electron chi connectivity index (χ1n) is 7.90. The van der Waals surface area contributed by atoms with Crippen molar-refractivity contribution in [1.29, 1.82) is 0 Å². The molecule has 2 N–H and O–H groups in total. The Morgan fingerprint density at radius 3 is 2.38 bits per heavy atom. The Labute approximate surface area is 142 Å². The molecule has 0 fully saturated rings. The predicted octanol–water partition coefficient (Wildman–Crippen LogP) is 3.48. The smallest absolute Gasteiger partial charge is 0.255 e. The fourth-order valence-corrected chi connectivity index (χ4v) is 2.15. The molecule has 2 aromatic rings. The highest BCUT2D eigenvalue weighted by molar-refractivity contribution is 6.06. The number of rotatable bonds is 6. The third-order valence-electron chi connectivity index (χ3n) is 3.73. The maximum absolute atomic E-state index is 12.4. The highest BCUT2D eigenvalue weighted by Crippen LogP contribution is 2.23. The average Bonchev–Trinajstić information content (AvgIpc) is 2.62. The van der Waals surface area contributed by atoms with Crippen molar-refractivity contribution in [3.05, 3.63) is 59.7 Å². The molecule has 0 heterocycles. The van der Waals surface area contributed by atoms with Crippen molar-refractivity contribution in [3.63, 3.8) is 0 Å². The molecule has 1 atom stereocenters. The highest BCUT2D eigenvalue weighted by atomic mass is 16.5. The fourth-order valence-electron chi connectivity index (χ4n) is 2.15. The molecule has 2 amide bonds. The monoisotopic (exact) mass is 326 g/mol. The standard InChI is InChI=1S/C19H22N2O3/c1-4-13(2)20-18(22)14-8-7-9-15(12-14)19(23)21-16-10-5-6-11-17(16)24-3/h5-13H,4H2,1-3H3,(H,20,22)(H,21,23). The molecular formula is C19H22N2O3. The largest absolute Gasteiger partial charge is 0.495 e. The van der Waals surface area contributed by atoms with E-state index in [9.17, 15) is 9.59 Å². The minimum absolute atomic E-state index is 0.0866. The number of amides is 2. The number of anilines is 1. The van der Waals surface area contributed by atoms with Crippen molar-refractivity contribution in [2.75, 3.05) is 12.4 Å². The first-order chi connectivity index (χ1) is 11.5. The van der Waals surface area contributed by atoms with Crippen LogP contribution in [0.3, 0.4) is 0 Å². The summed E-state index contributed by atoms with van der Waals surface area (Å²) in [5.41, 5.74) is 1.46. The fraction of sp³-hybridized carbons (Fsp3) is 0.263. The van der Waals surface area contributed by atoms with Crippen LogP contribution >= 0.6 is 0 Å². The lowest BCUT2D eigenvalue weighted by molar-refractivity contribution is 0.0939. The summed E-state index contributed by atoms with van der Waals surface area (Å²) >= 11 is 0. The summed E-state index contributed by atoms with van der Waals surface area (Å²) in [6, 6.07) is 13.9. The summed E-state index contributed by atoms with van der Waals surface area (Å²) in [5.74, 6) is 0.102. The number of nitrogens with one attached hydrogen (secondary N) is 2. The SMILES string of the molecule is CCC(C)NC(=O)c1cccc(C(=O)Nc2ccccc2OC)c1. The van der Waals surface area contributed by atoms with Gasteiger partial charge in [-0.3, -0.25) is 9.59 Å². The Kier molecular flexibility index (Phi) is 5.95. The maximum atomic E-state index is 12.4. The van der Waals surface area contributed by atoms with E-state index in [1.807, 2.05) is 26.0 Å². The van der Waals surface area contributed by atoms with E-state index in [0.717, 1.165) is 6.42 Å². The normalized spacial score (nSPS) is 11.5. The molecule has 2 aromatic carbocycles. The molecule has 2 rings (SSSR count). The van der Waals surface area contributed by atoms with Crippen molar-refractivity contribution in [2.45, 2.75) is 26.3 Å². The van der Waals surface area contributed by atoms with Gasteiger partial charge in [0.2, 0.25) is 0 Å². The zero-order chi connectivity index (χ0) is 17.5. The number of para-hydroxylation sites is 2. The van der Waals surface area contributed by atoms with Gasteiger partial charge in [-0.2, -0.15) is 0 Å². The average molecular weight is 326 g/mol. The van der Waals surface area contributed by atoms with E-state index >= 15 is 0 Å². The van der Waals surface area contributed by atoms with Gasteiger partial charge in [0.05, 0.1) is 12.8 Å². The molecule has 24 heavy (non-hydrogen) atoms. The number of methoxy groups -OCH3 is 1. The van der Waals surface area contributed by atoms with Crippen LogP contribution in [0.2, 0.25) is 0 Å². The van der Waals surface area contributed by atoms with Gasteiger partial charge in [0.25, 0.3) is 11.8 Å². The molecule has 0 bridgehead atoms. The second kappa shape index (κ2) is 8.15. The van der Waals surface area contributed by atoms with Crippen molar-refractivity contribution in [2.24, 2.45) is 0 Å². The van der Waals surface area contributed by atoms with Gasteiger partial charge in [-0.1, -0.05) is 25.1 Å². The number of hydrogen-bond donors (Lipinski definition) is 2. The van der Waals surface area contributed by atoms with Crippen LogP contribution in [-0.2, 0) is 0 Å². The molecule has 1 unspecified atom stereocenters. The Morgan fingerprint density at radius 2 is 1.71 bits per heavy atom. The summed E-state index contributed by atoms with van der Waals surface area (Å²) < 4.78 is 5.22. The molecule has 5 nitrogen and oxygen atoms in total. The Balaban J connectivity index is 2.16. The lowest BCUT2D eigenvalue weighted by Gasteiger charge is -2.12. The van der Waals surface area contributed by atoms with Gasteiger partial charge in [0.1, 0.15) is 5.75 Å². The van der Waals surface area contributed by atoms with E-state index < -0.39 is 0 Å². The Bertz CT molecular complexity index is 728. The zero-order valence-corrected chi connectivity index (χ0v) is 14.1. The molecular weight excluding hydrogens is 304 g/mol. The Hall–Kier alpha value is -2.82. The number of benzene rings is 2. The summed E-state index contributed by atoms with van der Waals surface area (Å²) in [6.45, 7) is 3.94. The third kappa shape index (κ3) is 4.35. The van der Waals surface area contributed by atoms with E-state index in [1.165, 1.54) is 0 Å². The molecule has 0 aromatic heterocycles. The van der Waals surface area contributed by atoms with Crippen LogP contribution in [0.25, 0.3) is 0 Å². The van der Waals surface area contributed by atoms with Crippen LogP contribution in [0, 0.1) is 0 Å². The zero-order valence-electron chi connectivity index (χ0n) is 14.1. The maximum Gasteiger partial charge on any atom is 0.255 e. The number of hydrogen-bond acceptors (Lipinski definition) is 3. The molecule has 0 aliphatic carbocycles. The summed E-state index contributed by atoms with van der Waals surface area (Å²) in [5, 5.41) is 5.69. The highest BCUT2D eigenvalue weighted by Gasteiger charge is 2.13. The van der Waals surface area contributed by atoms with Crippen molar-refractivity contribution >= 4 is 17.5 Å². The van der Waals surface area contributed by atoms with Gasteiger partial charge >= 0.3 is 0 Å². The lowest BCUT2D eigenvalue weighted by atomic mass is 10.1. The summed E-state index contributed by atoms with van der Waals surface area (Å²) in [7, 11) is 1.55. The van der Waals surface area contributed by atoms with Gasteiger partial charge < -0.3 is 15.4 Å². The van der Waals surface area contributed by atoms with E-state index in [1.54, 1.807) is 43.5 Å². The molecule has 0 aliphatic heterocycles. The van der Waals surface area contributed by atoms with Gasteiger partial charge in [0, 0.05) is 17.2 Å². The molecule has 126 valence electrons. The first kappa shape index (κ1) is 17.5. The summed E-state index contributed by atoms with van der Waals surface area (Å²) in [4.78, 5) is 24.6. The molecule has 0 saturated carbocycles. The van der Waals surface area contributed by atoms with E-state index in [4.69, 9.17) is 4.74 Å². The topological polar surface area (TPSA) is 67.4 Å². The van der Waals surface area contributed by atoms with Crippen LogP contribution in [-0.4, -0.2) is 25.0 Å². The van der Waals surface area contributed by atoms with Gasteiger partial charge in [-0.05, 0) is 43.7 Å². The third-order valence-corrected chi connectivity index (χ3v) is 3.73. The molecule has 5 heteroatoms.